The predicted molar refractivity (Wildman–Crippen MR) is 144 cm³/mol. The van der Waals surface area contributed by atoms with Crippen molar-refractivity contribution in [3.05, 3.63) is 58.4 Å². The number of hydrogen-bond acceptors (Lipinski definition) is 5. The van der Waals surface area contributed by atoms with Gasteiger partial charge in [0.05, 0.1) is 36.2 Å². The molecule has 0 saturated heterocycles. The summed E-state index contributed by atoms with van der Waals surface area (Å²) in [7, 11) is 0. The largest absolute Gasteiger partial charge is 0.456 e. The number of carbonyl (C=O) groups is 4. The summed E-state index contributed by atoms with van der Waals surface area (Å²) < 4.78 is 5.71. The van der Waals surface area contributed by atoms with Gasteiger partial charge in [0, 0.05) is 23.1 Å². The molecule has 0 saturated carbocycles. The van der Waals surface area contributed by atoms with Crippen molar-refractivity contribution in [1.82, 2.24) is 4.90 Å². The number of rotatable bonds is 9. The Hall–Kier alpha value is -1.55. The highest BCUT2D eigenvalue weighted by molar-refractivity contribution is 9.10. The first kappa shape index (κ1) is 29.0. The Labute approximate surface area is 240 Å². The van der Waals surface area contributed by atoms with Crippen LogP contribution < -0.4 is 5.32 Å². The average molecular weight is 660 g/mol. The van der Waals surface area contributed by atoms with Gasteiger partial charge in [-0.3, -0.25) is 24.1 Å². The van der Waals surface area contributed by atoms with Crippen molar-refractivity contribution >= 4 is 103 Å². The Morgan fingerprint density at radius 1 is 0.917 bits per heavy atom. The van der Waals surface area contributed by atoms with E-state index in [2.05, 4.69) is 21.2 Å². The number of halogens is 6. The van der Waals surface area contributed by atoms with Crippen LogP contribution in [0.5, 0.6) is 0 Å². The lowest BCUT2D eigenvalue weighted by molar-refractivity contribution is -0.147. The first-order chi connectivity index (χ1) is 16.9. The second kappa shape index (κ2) is 12.3. The molecular weight excluding hydrogens is 641 g/mol. The summed E-state index contributed by atoms with van der Waals surface area (Å²) in [5.41, 5.74) is 1.18. The van der Waals surface area contributed by atoms with E-state index in [9.17, 15) is 19.2 Å². The third kappa shape index (κ3) is 6.29. The lowest BCUT2D eigenvalue weighted by Gasteiger charge is -2.13. The van der Waals surface area contributed by atoms with Gasteiger partial charge in [-0.15, -0.1) is 0 Å². The Balaban J connectivity index is 1.41. The number of aryl methyl sites for hydroxylation is 1. The number of hydrogen-bond donors (Lipinski definition) is 1. The van der Waals surface area contributed by atoms with Crippen LogP contribution in [0.15, 0.2) is 16.6 Å². The van der Waals surface area contributed by atoms with Crippen LogP contribution in [0.4, 0.5) is 5.69 Å². The maximum atomic E-state index is 12.7. The second-order valence-corrected chi connectivity index (χ2v) is 10.6. The second-order valence-electron chi connectivity index (χ2n) is 7.87. The normalized spacial score (nSPS) is 12.7. The van der Waals surface area contributed by atoms with Crippen molar-refractivity contribution in [2.24, 2.45) is 0 Å². The van der Waals surface area contributed by atoms with Crippen LogP contribution in [-0.4, -0.2) is 41.7 Å². The number of carbonyl (C=O) groups excluding carboxylic acids is 4. The van der Waals surface area contributed by atoms with Gasteiger partial charge in [-0.05, 0) is 53.4 Å². The highest BCUT2D eigenvalue weighted by Gasteiger charge is 2.41. The first-order valence-electron chi connectivity index (χ1n) is 10.6. The van der Waals surface area contributed by atoms with Crippen LogP contribution in [0.3, 0.4) is 0 Å². The van der Waals surface area contributed by atoms with Crippen LogP contribution >= 0.6 is 73.9 Å². The van der Waals surface area contributed by atoms with Crippen LogP contribution in [-0.2, 0) is 14.3 Å². The van der Waals surface area contributed by atoms with Gasteiger partial charge in [0.25, 0.3) is 17.7 Å². The van der Waals surface area contributed by atoms with E-state index < -0.39 is 30.3 Å². The van der Waals surface area contributed by atoms with E-state index in [1.54, 1.807) is 19.1 Å². The number of fused-ring (bicyclic) bond motifs is 1. The van der Waals surface area contributed by atoms with Gasteiger partial charge >= 0.3 is 5.97 Å². The summed E-state index contributed by atoms with van der Waals surface area (Å²) in [5.74, 6) is -2.24. The number of unbranched alkanes of at least 4 members (excludes halogenated alkanes) is 2. The molecule has 0 aliphatic carbocycles. The molecule has 0 radical (unpaired) electrons. The zero-order valence-electron chi connectivity index (χ0n) is 18.7. The van der Waals surface area contributed by atoms with Gasteiger partial charge in [-0.25, -0.2) is 0 Å². The number of nitrogens with one attached hydrogen (secondary N) is 1. The minimum Gasteiger partial charge on any atom is -0.456 e. The summed E-state index contributed by atoms with van der Waals surface area (Å²) in [4.78, 5) is 50.5. The zero-order chi connectivity index (χ0) is 26.7. The van der Waals surface area contributed by atoms with Gasteiger partial charge in [-0.2, -0.15) is 0 Å². The number of nitrogens with zero attached hydrogens (tertiary/aromatic N) is 1. The topological polar surface area (TPSA) is 92.8 Å². The minimum absolute atomic E-state index is 0.0662. The molecule has 3 amide bonds. The minimum atomic E-state index is -0.604. The zero-order valence-corrected chi connectivity index (χ0v) is 24.0. The smallest absolute Gasteiger partial charge is 0.306 e. The molecule has 2 aromatic carbocycles. The molecule has 1 aliphatic heterocycles. The predicted octanol–water partition coefficient (Wildman–Crippen LogP) is 7.36. The van der Waals surface area contributed by atoms with Crippen molar-refractivity contribution in [1.29, 1.82) is 0 Å². The fourth-order valence-electron chi connectivity index (χ4n) is 3.50. The van der Waals surface area contributed by atoms with E-state index in [0.717, 1.165) is 10.5 Å². The first-order valence-corrected chi connectivity index (χ1v) is 13.3. The number of esters is 1. The van der Waals surface area contributed by atoms with Crippen LogP contribution in [0, 0.1) is 6.92 Å². The van der Waals surface area contributed by atoms with E-state index in [1.165, 1.54) is 0 Å². The average Bonchev–Trinajstić information content (AvgIpc) is 3.08. The Morgan fingerprint density at radius 2 is 1.50 bits per heavy atom. The number of ether oxygens (including phenoxy) is 1. The molecular formula is C23H18BrCl5N2O5. The van der Waals surface area contributed by atoms with Crippen molar-refractivity contribution in [2.45, 2.75) is 32.6 Å². The van der Waals surface area contributed by atoms with Crippen molar-refractivity contribution in [3.8, 4) is 0 Å². The molecule has 0 atom stereocenters. The standard InChI is InChI=1S/C23H18BrCl5N2O5/c1-10-7-11(24)12(25)8-13(10)30-14(32)9-36-15(33)5-3-2-4-6-31-22(34)16-17(23(31)35)19(27)21(29)20(28)18(16)26/h7-8H,2-6,9H2,1H3,(H,30,32). The summed E-state index contributed by atoms with van der Waals surface area (Å²) >= 11 is 33.6. The maximum Gasteiger partial charge on any atom is 0.306 e. The summed E-state index contributed by atoms with van der Waals surface area (Å²) in [6.45, 7) is 1.46. The Morgan fingerprint density at radius 3 is 2.08 bits per heavy atom. The van der Waals surface area contributed by atoms with Gasteiger partial charge in [0.1, 0.15) is 0 Å². The lowest BCUT2D eigenvalue weighted by Crippen LogP contribution is -2.30. The van der Waals surface area contributed by atoms with Crippen molar-refractivity contribution in [2.75, 3.05) is 18.5 Å². The molecule has 0 spiro atoms. The molecule has 1 N–H and O–H groups in total. The SMILES string of the molecule is Cc1cc(Br)c(Cl)cc1NC(=O)COC(=O)CCCCCN1C(=O)c2c(Cl)c(Cl)c(Cl)c(Cl)c2C1=O. The number of anilines is 1. The molecule has 1 heterocycles. The lowest BCUT2D eigenvalue weighted by atomic mass is 10.1. The fourth-order valence-corrected chi connectivity index (χ4v) is 5.14. The molecule has 36 heavy (non-hydrogen) atoms. The molecule has 2 aromatic rings. The van der Waals surface area contributed by atoms with E-state index in [1.807, 2.05) is 0 Å². The Bertz CT molecular complexity index is 1220. The van der Waals surface area contributed by atoms with Crippen LogP contribution in [0.25, 0.3) is 0 Å². The van der Waals surface area contributed by atoms with E-state index in [0.29, 0.717) is 34.4 Å². The molecule has 0 aromatic heterocycles. The van der Waals surface area contributed by atoms with Gasteiger partial charge in [0.2, 0.25) is 0 Å². The molecule has 1 aliphatic rings. The van der Waals surface area contributed by atoms with Gasteiger partial charge in [0.15, 0.2) is 6.61 Å². The van der Waals surface area contributed by atoms with Crippen LogP contribution in [0.1, 0.15) is 52.0 Å². The highest BCUT2D eigenvalue weighted by Crippen LogP contribution is 2.44. The van der Waals surface area contributed by atoms with Crippen LogP contribution in [0.2, 0.25) is 25.1 Å². The molecule has 0 fully saturated rings. The van der Waals surface area contributed by atoms with Crippen molar-refractivity contribution < 1.29 is 23.9 Å². The fraction of sp³-hybridized carbons (Fsp3) is 0.304. The van der Waals surface area contributed by atoms with Gasteiger partial charge < -0.3 is 10.1 Å². The molecule has 13 heteroatoms. The highest BCUT2D eigenvalue weighted by atomic mass is 79.9. The maximum absolute atomic E-state index is 12.7. The summed E-state index contributed by atoms with van der Waals surface area (Å²) in [5, 5.41) is 2.67. The number of amides is 3. The number of benzene rings is 2. The third-order valence-electron chi connectivity index (χ3n) is 5.35. The van der Waals surface area contributed by atoms with Gasteiger partial charge in [-0.1, -0.05) is 64.4 Å². The van der Waals surface area contributed by atoms with E-state index in [-0.39, 0.29) is 44.2 Å². The summed E-state index contributed by atoms with van der Waals surface area (Å²) in [6.07, 6.45) is 1.46. The van der Waals surface area contributed by atoms with E-state index in [4.69, 9.17) is 62.7 Å². The molecule has 3 rings (SSSR count). The Kier molecular flexibility index (Phi) is 9.94. The molecule has 7 nitrogen and oxygen atoms in total. The van der Waals surface area contributed by atoms with E-state index >= 15 is 0 Å². The quantitative estimate of drug-likeness (QED) is 0.0999. The third-order valence-corrected chi connectivity index (χ3v) is 8.35. The monoisotopic (exact) mass is 656 g/mol. The summed E-state index contributed by atoms with van der Waals surface area (Å²) in [6, 6.07) is 3.36. The molecule has 0 bridgehead atoms. The number of imide groups is 1. The molecule has 192 valence electrons. The van der Waals surface area contributed by atoms with Crippen molar-refractivity contribution in [3.63, 3.8) is 0 Å². The molecule has 0 unspecified atom stereocenters.